The van der Waals surface area contributed by atoms with Crippen molar-refractivity contribution in [1.29, 1.82) is 0 Å². The molecule has 2 N–H and O–H groups in total. The largest absolute Gasteiger partial charge is 0.468 e. The van der Waals surface area contributed by atoms with Crippen molar-refractivity contribution in [3.05, 3.63) is 24.2 Å². The van der Waals surface area contributed by atoms with Crippen LogP contribution in [0.4, 0.5) is 0 Å². The summed E-state index contributed by atoms with van der Waals surface area (Å²) in [6.07, 6.45) is 3.14. The Kier molecular flexibility index (Phi) is 4.43. The molecule has 0 saturated carbocycles. The van der Waals surface area contributed by atoms with Crippen molar-refractivity contribution in [2.75, 3.05) is 13.1 Å². The highest BCUT2D eigenvalue weighted by Crippen LogP contribution is 1.97. The molecule has 1 amide bonds. The van der Waals surface area contributed by atoms with Crippen LogP contribution < -0.4 is 10.6 Å². The van der Waals surface area contributed by atoms with Gasteiger partial charge in [0.05, 0.1) is 25.9 Å². The maximum atomic E-state index is 10.9. The van der Waals surface area contributed by atoms with E-state index in [0.717, 1.165) is 5.76 Å². The van der Waals surface area contributed by atoms with Gasteiger partial charge in [-0.25, -0.2) is 0 Å². The number of carbonyl (C=O) groups excluding carboxylic acids is 2. The van der Waals surface area contributed by atoms with Crippen LogP contribution in [0.1, 0.15) is 5.76 Å². The Morgan fingerprint density at radius 2 is 2.43 bits per heavy atom. The monoisotopic (exact) mass is 195 g/mol. The number of hydrogen-bond acceptors (Lipinski definition) is 4. The number of hydrogen-bond donors (Lipinski definition) is 2. The van der Waals surface area contributed by atoms with E-state index in [0.29, 0.717) is 6.54 Å². The first-order chi connectivity index (χ1) is 6.83. The van der Waals surface area contributed by atoms with Gasteiger partial charge in [0.2, 0.25) is 12.2 Å². The molecule has 0 aliphatic carbocycles. The van der Waals surface area contributed by atoms with E-state index in [4.69, 9.17) is 4.42 Å². The number of amides is 1. The minimum absolute atomic E-state index is 0.0682. The lowest BCUT2D eigenvalue weighted by molar-refractivity contribution is -0.120. The van der Waals surface area contributed by atoms with Crippen molar-refractivity contribution in [3.8, 4) is 0 Å². The molecule has 0 fully saturated rings. The van der Waals surface area contributed by atoms with Crippen molar-refractivity contribution in [2.24, 2.45) is 0 Å². The molecule has 75 valence electrons. The Balaban J connectivity index is 2.09. The SMILES string of the molecule is O=[C]CNC(=O)CNCc1ccco1. The predicted octanol–water partition coefficient (Wildman–Crippen LogP) is -0.405. The maximum absolute atomic E-state index is 10.9. The summed E-state index contributed by atoms with van der Waals surface area (Å²) in [7, 11) is 0. The zero-order valence-electron chi connectivity index (χ0n) is 7.58. The topological polar surface area (TPSA) is 71.3 Å². The third-order valence-electron chi connectivity index (χ3n) is 1.52. The molecule has 0 atom stereocenters. The van der Waals surface area contributed by atoms with Gasteiger partial charge in [-0.2, -0.15) is 0 Å². The van der Waals surface area contributed by atoms with E-state index in [1.807, 2.05) is 6.07 Å². The fourth-order valence-corrected chi connectivity index (χ4v) is 0.910. The summed E-state index contributed by atoms with van der Waals surface area (Å²) in [6, 6.07) is 3.59. The molecule has 0 saturated heterocycles. The second kappa shape index (κ2) is 5.93. The van der Waals surface area contributed by atoms with Crippen LogP contribution in [-0.4, -0.2) is 25.3 Å². The average Bonchev–Trinajstić information content (AvgIpc) is 2.67. The molecule has 0 bridgehead atoms. The van der Waals surface area contributed by atoms with Crippen molar-refractivity contribution in [2.45, 2.75) is 6.54 Å². The summed E-state index contributed by atoms with van der Waals surface area (Å²) >= 11 is 0. The van der Waals surface area contributed by atoms with E-state index >= 15 is 0 Å². The molecule has 14 heavy (non-hydrogen) atoms. The van der Waals surface area contributed by atoms with Crippen molar-refractivity contribution >= 4 is 12.2 Å². The van der Waals surface area contributed by atoms with Gasteiger partial charge in [0.15, 0.2) is 0 Å². The van der Waals surface area contributed by atoms with E-state index in [9.17, 15) is 9.59 Å². The van der Waals surface area contributed by atoms with Crippen LogP contribution in [0.2, 0.25) is 0 Å². The van der Waals surface area contributed by atoms with Crippen LogP contribution in [0.15, 0.2) is 22.8 Å². The molecule has 0 aliphatic rings. The summed E-state index contributed by atoms with van der Waals surface area (Å²) in [6.45, 7) is 0.578. The second-order valence-electron chi connectivity index (χ2n) is 2.60. The Bertz CT molecular complexity index is 282. The third-order valence-corrected chi connectivity index (χ3v) is 1.52. The Hall–Kier alpha value is -1.62. The predicted molar refractivity (Wildman–Crippen MR) is 49.1 cm³/mol. The number of carbonyl (C=O) groups is 1. The first kappa shape index (κ1) is 10.5. The molecule has 0 spiro atoms. The Morgan fingerprint density at radius 1 is 1.57 bits per heavy atom. The van der Waals surface area contributed by atoms with Crippen molar-refractivity contribution < 1.29 is 14.0 Å². The lowest BCUT2D eigenvalue weighted by Gasteiger charge is -2.01. The van der Waals surface area contributed by atoms with Crippen LogP contribution in [0.3, 0.4) is 0 Å². The van der Waals surface area contributed by atoms with E-state index in [1.54, 1.807) is 18.6 Å². The highest BCUT2D eigenvalue weighted by Gasteiger charge is 2.00. The van der Waals surface area contributed by atoms with Gasteiger partial charge in [0.1, 0.15) is 5.76 Å². The lowest BCUT2D eigenvalue weighted by atomic mass is 10.4. The first-order valence-corrected chi connectivity index (χ1v) is 4.17. The molecule has 1 heterocycles. The minimum atomic E-state index is -0.236. The normalized spacial score (nSPS) is 9.71. The molecule has 0 unspecified atom stereocenters. The molecule has 5 nitrogen and oxygen atoms in total. The second-order valence-corrected chi connectivity index (χ2v) is 2.60. The van der Waals surface area contributed by atoms with Gasteiger partial charge in [0.25, 0.3) is 0 Å². The zero-order valence-corrected chi connectivity index (χ0v) is 7.58. The Labute approximate surface area is 81.5 Å². The first-order valence-electron chi connectivity index (χ1n) is 4.17. The molecule has 1 rings (SSSR count). The average molecular weight is 195 g/mol. The molecular formula is C9H11N2O3. The number of furan rings is 1. The van der Waals surface area contributed by atoms with E-state index in [1.165, 1.54) is 0 Å². The fourth-order valence-electron chi connectivity index (χ4n) is 0.910. The molecule has 0 aliphatic heterocycles. The molecule has 1 radical (unpaired) electrons. The van der Waals surface area contributed by atoms with Gasteiger partial charge in [0, 0.05) is 0 Å². The van der Waals surface area contributed by atoms with Gasteiger partial charge in [-0.05, 0) is 12.1 Å². The molecule has 0 aromatic carbocycles. The highest BCUT2D eigenvalue weighted by molar-refractivity contribution is 5.80. The molecule has 1 aromatic heterocycles. The van der Waals surface area contributed by atoms with E-state index < -0.39 is 0 Å². The van der Waals surface area contributed by atoms with Gasteiger partial charge < -0.3 is 15.1 Å². The summed E-state index contributed by atoms with van der Waals surface area (Å²) in [5.41, 5.74) is 0. The van der Waals surface area contributed by atoms with Gasteiger partial charge >= 0.3 is 0 Å². The third kappa shape index (κ3) is 3.86. The highest BCUT2D eigenvalue weighted by atomic mass is 16.3. The molecular weight excluding hydrogens is 184 g/mol. The van der Waals surface area contributed by atoms with Crippen LogP contribution in [0, 0.1) is 0 Å². The van der Waals surface area contributed by atoms with Crippen molar-refractivity contribution in [1.82, 2.24) is 10.6 Å². The molecule has 1 aromatic rings. The van der Waals surface area contributed by atoms with Gasteiger partial charge in [-0.1, -0.05) is 0 Å². The fraction of sp³-hybridized carbons (Fsp3) is 0.333. The quantitative estimate of drug-likeness (QED) is 0.647. The molecule has 5 heteroatoms. The van der Waals surface area contributed by atoms with Crippen LogP contribution in [0.25, 0.3) is 0 Å². The minimum Gasteiger partial charge on any atom is -0.468 e. The number of rotatable bonds is 6. The van der Waals surface area contributed by atoms with Crippen LogP contribution >= 0.6 is 0 Å². The summed E-state index contributed by atoms with van der Waals surface area (Å²) in [5, 5.41) is 5.22. The van der Waals surface area contributed by atoms with Gasteiger partial charge in [-0.15, -0.1) is 0 Å². The standard InChI is InChI=1S/C9H11N2O3/c12-4-3-11-9(13)7-10-6-8-2-1-5-14-8/h1-2,5,10H,3,6-7H2,(H,11,13). The smallest absolute Gasteiger partial charge is 0.234 e. The maximum Gasteiger partial charge on any atom is 0.234 e. The summed E-state index contributed by atoms with van der Waals surface area (Å²) in [5.74, 6) is 0.527. The Morgan fingerprint density at radius 3 is 3.07 bits per heavy atom. The lowest BCUT2D eigenvalue weighted by Crippen LogP contribution is -2.34. The number of nitrogens with one attached hydrogen (secondary N) is 2. The summed E-state index contributed by atoms with van der Waals surface area (Å²) in [4.78, 5) is 20.7. The van der Waals surface area contributed by atoms with E-state index in [-0.39, 0.29) is 19.0 Å². The van der Waals surface area contributed by atoms with Crippen LogP contribution in [0.5, 0.6) is 0 Å². The van der Waals surface area contributed by atoms with Gasteiger partial charge in [-0.3, -0.25) is 9.59 Å². The zero-order chi connectivity index (χ0) is 10.2. The summed E-state index contributed by atoms with van der Waals surface area (Å²) < 4.78 is 5.04. The van der Waals surface area contributed by atoms with Crippen molar-refractivity contribution in [3.63, 3.8) is 0 Å². The van der Waals surface area contributed by atoms with E-state index in [2.05, 4.69) is 10.6 Å². The van der Waals surface area contributed by atoms with Crippen LogP contribution in [-0.2, 0) is 16.1 Å².